The second-order valence-electron chi connectivity index (χ2n) is 8.86. The van der Waals surface area contributed by atoms with Gasteiger partial charge in [-0.3, -0.25) is 9.59 Å². The summed E-state index contributed by atoms with van der Waals surface area (Å²) >= 11 is 0. The molecule has 7 heteroatoms. The van der Waals surface area contributed by atoms with Crippen LogP contribution in [0.1, 0.15) is 53.1 Å². The van der Waals surface area contributed by atoms with E-state index in [1.54, 1.807) is 12.1 Å². The van der Waals surface area contributed by atoms with Crippen molar-refractivity contribution in [2.24, 2.45) is 5.73 Å². The van der Waals surface area contributed by atoms with E-state index in [-0.39, 0.29) is 17.6 Å². The maximum Gasteiger partial charge on any atom is 0.253 e. The molecule has 1 saturated heterocycles. The standard InChI is InChI=1S/C26H27N3O4/c1-17(2)32-21-10-9-18(16-19(21)24(27)30)25(31)28-14-11-26(12-15-28)23-8-5-13-29(23)20-6-3-4-7-22(20)33-26/h3-10,13,16-17H,11-12,14-15H2,1-2H3,(H2,27,30). The molecule has 0 aliphatic carbocycles. The van der Waals surface area contributed by atoms with Gasteiger partial charge in [-0.15, -0.1) is 0 Å². The number of nitrogens with two attached hydrogens (primary N) is 1. The number of carbonyl (C=O) groups excluding carboxylic acids is 2. The van der Waals surface area contributed by atoms with Crippen LogP contribution < -0.4 is 15.2 Å². The van der Waals surface area contributed by atoms with E-state index in [1.807, 2.05) is 49.1 Å². The van der Waals surface area contributed by atoms with E-state index in [0.717, 1.165) is 17.1 Å². The maximum absolute atomic E-state index is 13.3. The Hall–Kier alpha value is -3.74. The van der Waals surface area contributed by atoms with E-state index >= 15 is 0 Å². The monoisotopic (exact) mass is 445 g/mol. The van der Waals surface area contributed by atoms with Gasteiger partial charge < -0.3 is 24.7 Å². The number of piperidine rings is 1. The zero-order valence-electron chi connectivity index (χ0n) is 18.8. The first kappa shape index (κ1) is 21.1. The molecule has 3 heterocycles. The maximum atomic E-state index is 13.3. The van der Waals surface area contributed by atoms with Gasteiger partial charge in [0.15, 0.2) is 5.60 Å². The number of likely N-dealkylation sites (tertiary alicyclic amines) is 1. The van der Waals surface area contributed by atoms with Crippen LogP contribution >= 0.6 is 0 Å². The quantitative estimate of drug-likeness (QED) is 0.660. The minimum absolute atomic E-state index is 0.109. The van der Waals surface area contributed by atoms with Crippen molar-refractivity contribution in [3.8, 4) is 17.2 Å². The van der Waals surface area contributed by atoms with E-state index in [4.69, 9.17) is 15.2 Å². The van der Waals surface area contributed by atoms with Gasteiger partial charge in [-0.25, -0.2) is 0 Å². The Kier molecular flexibility index (Phi) is 5.12. The van der Waals surface area contributed by atoms with Crippen LogP contribution in [0, 0.1) is 0 Å². The molecular formula is C26H27N3O4. The van der Waals surface area contributed by atoms with Crippen molar-refractivity contribution in [3.05, 3.63) is 77.6 Å². The van der Waals surface area contributed by atoms with E-state index in [0.29, 0.717) is 37.2 Å². The Balaban J connectivity index is 1.37. The Morgan fingerprint density at radius 2 is 1.82 bits per heavy atom. The molecule has 5 rings (SSSR count). The molecule has 0 unspecified atom stereocenters. The van der Waals surface area contributed by atoms with Gasteiger partial charge in [-0.05, 0) is 56.3 Å². The van der Waals surface area contributed by atoms with E-state index in [1.165, 1.54) is 6.07 Å². The van der Waals surface area contributed by atoms with Crippen LogP contribution in [-0.4, -0.2) is 40.5 Å². The fourth-order valence-corrected chi connectivity index (χ4v) is 4.79. The molecule has 2 aliphatic rings. The lowest BCUT2D eigenvalue weighted by Crippen LogP contribution is -2.50. The number of hydrogen-bond acceptors (Lipinski definition) is 4. The first-order valence-electron chi connectivity index (χ1n) is 11.2. The van der Waals surface area contributed by atoms with E-state index in [9.17, 15) is 9.59 Å². The third kappa shape index (κ3) is 3.63. The van der Waals surface area contributed by atoms with Crippen LogP contribution in [-0.2, 0) is 5.60 Å². The molecule has 7 nitrogen and oxygen atoms in total. The SMILES string of the molecule is CC(C)Oc1ccc(C(=O)N2CCC3(CC2)Oc2ccccc2-n2cccc23)cc1C(N)=O. The summed E-state index contributed by atoms with van der Waals surface area (Å²) in [6.07, 6.45) is 3.30. The fourth-order valence-electron chi connectivity index (χ4n) is 4.79. The number of carbonyl (C=O) groups is 2. The molecule has 2 N–H and O–H groups in total. The average Bonchev–Trinajstić information content (AvgIpc) is 3.30. The van der Waals surface area contributed by atoms with Crippen molar-refractivity contribution in [1.82, 2.24) is 9.47 Å². The number of fused-ring (bicyclic) bond motifs is 4. The third-order valence-corrected chi connectivity index (χ3v) is 6.36. The van der Waals surface area contributed by atoms with Crippen molar-refractivity contribution in [3.63, 3.8) is 0 Å². The normalized spacial score (nSPS) is 16.2. The van der Waals surface area contributed by atoms with Crippen LogP contribution in [0.5, 0.6) is 11.5 Å². The van der Waals surface area contributed by atoms with Gasteiger partial charge in [0.2, 0.25) is 0 Å². The van der Waals surface area contributed by atoms with Crippen molar-refractivity contribution in [2.75, 3.05) is 13.1 Å². The highest BCUT2D eigenvalue weighted by atomic mass is 16.5. The first-order valence-corrected chi connectivity index (χ1v) is 11.2. The molecule has 170 valence electrons. The summed E-state index contributed by atoms with van der Waals surface area (Å²) in [6, 6.07) is 17.0. The summed E-state index contributed by atoms with van der Waals surface area (Å²) in [5.74, 6) is 0.498. The number of nitrogens with zero attached hydrogens (tertiary/aromatic N) is 2. The summed E-state index contributed by atoms with van der Waals surface area (Å²) in [7, 11) is 0. The Morgan fingerprint density at radius 3 is 2.55 bits per heavy atom. The molecule has 2 aliphatic heterocycles. The molecule has 2 aromatic carbocycles. The van der Waals surface area contributed by atoms with Gasteiger partial charge in [0.05, 0.1) is 23.0 Å². The Bertz CT molecular complexity index is 1220. The van der Waals surface area contributed by atoms with Gasteiger partial charge in [-0.2, -0.15) is 0 Å². The van der Waals surface area contributed by atoms with Crippen LogP contribution in [0.25, 0.3) is 5.69 Å². The molecule has 0 saturated carbocycles. The largest absolute Gasteiger partial charge is 0.490 e. The lowest BCUT2D eigenvalue weighted by molar-refractivity contribution is -0.00930. The summed E-state index contributed by atoms with van der Waals surface area (Å²) in [5.41, 5.74) is 7.86. The van der Waals surface area contributed by atoms with Gasteiger partial charge >= 0.3 is 0 Å². The van der Waals surface area contributed by atoms with Gasteiger partial charge in [0.1, 0.15) is 11.5 Å². The van der Waals surface area contributed by atoms with Crippen molar-refractivity contribution >= 4 is 11.8 Å². The van der Waals surface area contributed by atoms with Crippen LogP contribution in [0.15, 0.2) is 60.8 Å². The molecule has 0 radical (unpaired) electrons. The molecule has 1 spiro atoms. The summed E-state index contributed by atoms with van der Waals surface area (Å²) in [6.45, 7) is 4.83. The predicted octanol–water partition coefficient (Wildman–Crippen LogP) is 3.89. The minimum Gasteiger partial charge on any atom is -0.490 e. The number of hydrogen-bond donors (Lipinski definition) is 1. The summed E-state index contributed by atoms with van der Waals surface area (Å²) in [4.78, 5) is 27.0. The van der Waals surface area contributed by atoms with Crippen molar-refractivity contribution in [1.29, 1.82) is 0 Å². The lowest BCUT2D eigenvalue weighted by Gasteiger charge is -2.45. The predicted molar refractivity (Wildman–Crippen MR) is 124 cm³/mol. The zero-order valence-corrected chi connectivity index (χ0v) is 18.8. The lowest BCUT2D eigenvalue weighted by atomic mass is 9.86. The zero-order chi connectivity index (χ0) is 23.2. The molecule has 3 aromatic rings. The number of benzene rings is 2. The second-order valence-corrected chi connectivity index (χ2v) is 8.86. The number of ether oxygens (including phenoxy) is 2. The number of rotatable bonds is 4. The topological polar surface area (TPSA) is 86.8 Å². The van der Waals surface area contributed by atoms with E-state index < -0.39 is 11.5 Å². The number of aromatic nitrogens is 1. The Labute approximate surface area is 192 Å². The Morgan fingerprint density at radius 1 is 1.06 bits per heavy atom. The highest BCUT2D eigenvalue weighted by Gasteiger charge is 2.44. The third-order valence-electron chi connectivity index (χ3n) is 6.36. The van der Waals surface area contributed by atoms with Crippen molar-refractivity contribution < 1.29 is 19.1 Å². The van der Waals surface area contributed by atoms with Gasteiger partial charge in [0, 0.05) is 37.7 Å². The summed E-state index contributed by atoms with van der Waals surface area (Å²) < 4.78 is 14.4. The second kappa shape index (κ2) is 7.99. The highest BCUT2D eigenvalue weighted by Crippen LogP contribution is 2.45. The average molecular weight is 446 g/mol. The van der Waals surface area contributed by atoms with Crippen LogP contribution in [0.4, 0.5) is 0 Å². The van der Waals surface area contributed by atoms with Gasteiger partial charge in [-0.1, -0.05) is 12.1 Å². The highest BCUT2D eigenvalue weighted by molar-refractivity contribution is 6.01. The first-order chi connectivity index (χ1) is 15.9. The molecule has 1 aromatic heterocycles. The number of para-hydroxylation sites is 2. The number of amides is 2. The molecule has 33 heavy (non-hydrogen) atoms. The van der Waals surface area contributed by atoms with Gasteiger partial charge in [0.25, 0.3) is 11.8 Å². The molecule has 1 fully saturated rings. The minimum atomic E-state index is -0.618. The molecule has 2 amide bonds. The van der Waals surface area contributed by atoms with E-state index in [2.05, 4.69) is 16.8 Å². The van der Waals surface area contributed by atoms with Crippen molar-refractivity contribution in [2.45, 2.75) is 38.4 Å². The molecule has 0 atom stereocenters. The summed E-state index contributed by atoms with van der Waals surface area (Å²) in [5, 5.41) is 0. The fraction of sp³-hybridized carbons (Fsp3) is 0.308. The van der Waals surface area contributed by atoms with Crippen LogP contribution in [0.2, 0.25) is 0 Å². The smallest absolute Gasteiger partial charge is 0.253 e. The molecular weight excluding hydrogens is 418 g/mol. The number of primary amides is 1. The molecule has 0 bridgehead atoms. The van der Waals surface area contributed by atoms with Crippen LogP contribution in [0.3, 0.4) is 0 Å².